The summed E-state index contributed by atoms with van der Waals surface area (Å²) in [6.45, 7) is 0. The van der Waals surface area contributed by atoms with Crippen molar-refractivity contribution in [1.82, 2.24) is 9.38 Å². The summed E-state index contributed by atoms with van der Waals surface area (Å²) in [6, 6.07) is 50.4. The smallest absolute Gasteiger partial charge is 0.152 e. The first-order chi connectivity index (χ1) is 23.3. The van der Waals surface area contributed by atoms with E-state index < -0.39 is 0 Å². The van der Waals surface area contributed by atoms with Gasteiger partial charge in [-0.1, -0.05) is 103 Å². The van der Waals surface area contributed by atoms with Gasteiger partial charge in [-0.25, -0.2) is 4.98 Å². The van der Waals surface area contributed by atoms with E-state index in [0.717, 1.165) is 44.0 Å². The molecule has 0 N–H and O–H groups in total. The third-order valence-corrected chi connectivity index (χ3v) is 10.9. The molecule has 0 aliphatic carbocycles. The van der Waals surface area contributed by atoms with Crippen molar-refractivity contribution >= 4 is 91.7 Å². The van der Waals surface area contributed by atoms with E-state index in [1.54, 1.807) is 0 Å². The standard InChI is InChI=1S/C43H24N2OS/c1-2-13-33-29(10-1)35-21-27(25-8-7-9-26(20-25)28-16-18-32-31-12-4-6-15-39(31)47-40(32)22-28)17-19-34(35)43-42(33)44-41-23-36-30-11-3-5-14-37(30)46-38(36)24-45(41)43/h1-24H. The molecule has 0 aliphatic rings. The number of hydrogen-bond acceptors (Lipinski definition) is 3. The second-order valence-corrected chi connectivity index (χ2v) is 13.5. The molecule has 4 heteroatoms. The number of para-hydroxylation sites is 1. The first-order valence-electron chi connectivity index (χ1n) is 15.9. The molecule has 0 fully saturated rings. The third-order valence-electron chi connectivity index (χ3n) is 9.78. The molecule has 4 aromatic heterocycles. The van der Waals surface area contributed by atoms with E-state index in [-0.39, 0.29) is 0 Å². The van der Waals surface area contributed by atoms with Gasteiger partial charge in [-0.05, 0) is 69.4 Å². The third kappa shape index (κ3) is 3.59. The predicted molar refractivity (Wildman–Crippen MR) is 199 cm³/mol. The normalized spacial score (nSPS) is 12.3. The van der Waals surface area contributed by atoms with E-state index in [4.69, 9.17) is 9.40 Å². The zero-order valence-corrected chi connectivity index (χ0v) is 25.9. The van der Waals surface area contributed by atoms with Crippen molar-refractivity contribution in [2.75, 3.05) is 0 Å². The molecule has 0 atom stereocenters. The van der Waals surface area contributed by atoms with E-state index in [0.29, 0.717) is 0 Å². The molecule has 11 rings (SSSR count). The van der Waals surface area contributed by atoms with E-state index in [2.05, 4.69) is 138 Å². The highest BCUT2D eigenvalue weighted by Gasteiger charge is 2.17. The fraction of sp³-hybridized carbons (Fsp3) is 0. The predicted octanol–water partition coefficient (Wildman–Crippen LogP) is 12.4. The van der Waals surface area contributed by atoms with Crippen LogP contribution in [0.1, 0.15) is 0 Å². The molecule has 0 radical (unpaired) electrons. The lowest BCUT2D eigenvalue weighted by Crippen LogP contribution is -1.88. The Hall–Kier alpha value is -5.97. The zero-order valence-electron chi connectivity index (χ0n) is 25.1. The van der Waals surface area contributed by atoms with Gasteiger partial charge in [-0.2, -0.15) is 0 Å². The van der Waals surface area contributed by atoms with E-state index in [9.17, 15) is 0 Å². The van der Waals surface area contributed by atoms with Crippen LogP contribution in [0.4, 0.5) is 0 Å². The maximum atomic E-state index is 6.29. The fourth-order valence-electron chi connectivity index (χ4n) is 7.56. The van der Waals surface area contributed by atoms with Gasteiger partial charge in [0.25, 0.3) is 0 Å². The summed E-state index contributed by atoms with van der Waals surface area (Å²) in [5.74, 6) is 0. The molecule has 0 aliphatic heterocycles. The summed E-state index contributed by atoms with van der Waals surface area (Å²) < 4.78 is 11.2. The van der Waals surface area contributed by atoms with Crippen LogP contribution >= 0.6 is 11.3 Å². The number of nitrogens with zero attached hydrogens (tertiary/aromatic N) is 2. The van der Waals surface area contributed by atoms with Gasteiger partial charge in [0.1, 0.15) is 11.2 Å². The lowest BCUT2D eigenvalue weighted by Gasteiger charge is -2.11. The lowest BCUT2D eigenvalue weighted by molar-refractivity contribution is 0.666. The maximum absolute atomic E-state index is 6.29. The van der Waals surface area contributed by atoms with Crippen molar-refractivity contribution in [3.8, 4) is 22.3 Å². The molecule has 4 heterocycles. The summed E-state index contributed by atoms with van der Waals surface area (Å²) >= 11 is 1.86. The topological polar surface area (TPSA) is 30.4 Å². The Labute approximate surface area is 272 Å². The Morgan fingerprint density at radius 2 is 1.13 bits per heavy atom. The van der Waals surface area contributed by atoms with Crippen LogP contribution in [0, 0.1) is 0 Å². The fourth-order valence-corrected chi connectivity index (χ4v) is 8.71. The number of rotatable bonds is 2. The molecular weight excluding hydrogens is 593 g/mol. The van der Waals surface area contributed by atoms with Crippen LogP contribution in [0.25, 0.3) is 103 Å². The van der Waals surface area contributed by atoms with Crippen molar-refractivity contribution in [2.24, 2.45) is 0 Å². The van der Waals surface area contributed by atoms with E-state index >= 15 is 0 Å². The summed E-state index contributed by atoms with van der Waals surface area (Å²) in [5.41, 5.74) is 9.65. The number of fused-ring (bicyclic) bond motifs is 14. The molecule has 0 saturated carbocycles. The lowest BCUT2D eigenvalue weighted by atomic mass is 9.94. The second-order valence-electron chi connectivity index (χ2n) is 12.4. The molecule has 0 spiro atoms. The highest BCUT2D eigenvalue weighted by atomic mass is 32.1. The van der Waals surface area contributed by atoms with E-state index in [1.165, 1.54) is 58.6 Å². The summed E-state index contributed by atoms with van der Waals surface area (Å²) in [4.78, 5) is 5.21. The molecule has 0 bridgehead atoms. The van der Waals surface area contributed by atoms with Crippen LogP contribution in [-0.2, 0) is 0 Å². The number of thiophene rings is 1. The van der Waals surface area contributed by atoms with Crippen LogP contribution in [0.2, 0.25) is 0 Å². The van der Waals surface area contributed by atoms with Crippen molar-refractivity contribution in [2.45, 2.75) is 0 Å². The Kier molecular flexibility index (Phi) is 4.99. The van der Waals surface area contributed by atoms with Crippen LogP contribution in [0.3, 0.4) is 0 Å². The zero-order chi connectivity index (χ0) is 30.6. The molecular formula is C43H24N2OS. The second kappa shape index (κ2) is 9.29. The van der Waals surface area contributed by atoms with Gasteiger partial charge < -0.3 is 4.42 Å². The van der Waals surface area contributed by atoms with Gasteiger partial charge in [0.05, 0.1) is 17.2 Å². The number of pyridine rings is 1. The molecule has 218 valence electrons. The van der Waals surface area contributed by atoms with Gasteiger partial charge in [-0.3, -0.25) is 4.40 Å². The molecule has 0 unspecified atom stereocenters. The quantitative estimate of drug-likeness (QED) is 0.181. The van der Waals surface area contributed by atoms with Gasteiger partial charge in [0, 0.05) is 41.7 Å². The molecule has 11 aromatic rings. The van der Waals surface area contributed by atoms with Crippen LogP contribution < -0.4 is 0 Å². The molecule has 3 nitrogen and oxygen atoms in total. The Morgan fingerprint density at radius 1 is 0.447 bits per heavy atom. The largest absolute Gasteiger partial charge is 0.455 e. The first-order valence-corrected chi connectivity index (χ1v) is 16.7. The van der Waals surface area contributed by atoms with Gasteiger partial charge in [0.15, 0.2) is 5.58 Å². The Bertz CT molecular complexity index is 3090. The molecule has 47 heavy (non-hydrogen) atoms. The van der Waals surface area contributed by atoms with Gasteiger partial charge in [0.2, 0.25) is 0 Å². The summed E-state index contributed by atoms with van der Waals surface area (Å²) in [5, 5.41) is 9.62. The summed E-state index contributed by atoms with van der Waals surface area (Å²) in [6.07, 6.45) is 2.11. The monoisotopic (exact) mass is 616 g/mol. The minimum atomic E-state index is 0.863. The number of furan rings is 1. The van der Waals surface area contributed by atoms with Crippen molar-refractivity contribution in [3.05, 3.63) is 146 Å². The highest BCUT2D eigenvalue weighted by molar-refractivity contribution is 7.25. The van der Waals surface area contributed by atoms with Crippen molar-refractivity contribution in [3.63, 3.8) is 0 Å². The average molecular weight is 617 g/mol. The number of hydrogen-bond donors (Lipinski definition) is 0. The molecule has 0 saturated heterocycles. The highest BCUT2D eigenvalue weighted by Crippen LogP contribution is 2.40. The maximum Gasteiger partial charge on any atom is 0.152 e. The van der Waals surface area contributed by atoms with Crippen molar-refractivity contribution in [1.29, 1.82) is 0 Å². The number of aromatic nitrogens is 2. The molecule has 7 aromatic carbocycles. The Morgan fingerprint density at radius 3 is 2.00 bits per heavy atom. The average Bonchev–Trinajstić information content (AvgIpc) is 3.81. The van der Waals surface area contributed by atoms with Crippen LogP contribution in [0.15, 0.2) is 150 Å². The Balaban J connectivity index is 1.11. The summed E-state index contributed by atoms with van der Waals surface area (Å²) in [7, 11) is 0. The minimum absolute atomic E-state index is 0.863. The van der Waals surface area contributed by atoms with Crippen LogP contribution in [0.5, 0.6) is 0 Å². The SMILES string of the molecule is c1cc(-c2ccc3c(c2)sc2ccccc23)cc(-c2ccc3c(c2)c2ccccc2c2nc4cc5c(cn4c32)oc2ccccc25)c1. The van der Waals surface area contributed by atoms with Crippen molar-refractivity contribution < 1.29 is 4.42 Å². The van der Waals surface area contributed by atoms with Crippen LogP contribution in [-0.4, -0.2) is 9.38 Å². The van der Waals surface area contributed by atoms with Gasteiger partial charge in [-0.15, -0.1) is 11.3 Å². The van der Waals surface area contributed by atoms with Gasteiger partial charge >= 0.3 is 0 Å². The minimum Gasteiger partial charge on any atom is -0.455 e. The first kappa shape index (κ1) is 25.2. The number of benzene rings is 7. The number of imidazole rings is 1. The van der Waals surface area contributed by atoms with E-state index in [1.807, 2.05) is 23.5 Å². The molecule has 0 amide bonds.